The van der Waals surface area contributed by atoms with Gasteiger partial charge in [-0.15, -0.1) is 10.2 Å². The van der Waals surface area contributed by atoms with E-state index in [1.807, 2.05) is 13.0 Å². The predicted molar refractivity (Wildman–Crippen MR) is 84.7 cm³/mol. The molecule has 0 aliphatic carbocycles. The Kier molecular flexibility index (Phi) is 4.11. The summed E-state index contributed by atoms with van der Waals surface area (Å²) in [6.07, 6.45) is 0.757. The molecular weight excluding hydrogens is 318 g/mol. The number of carbonyl (C=O) groups is 1. The zero-order chi connectivity index (χ0) is 16.4. The Morgan fingerprint density at radius 3 is 2.87 bits per heavy atom. The van der Waals surface area contributed by atoms with Crippen LogP contribution >= 0.6 is 11.3 Å². The number of rotatable bonds is 6. The average Bonchev–Trinajstić information content (AvgIpc) is 3.12. The van der Waals surface area contributed by atoms with Crippen molar-refractivity contribution in [3.8, 4) is 22.1 Å². The highest BCUT2D eigenvalue weighted by Crippen LogP contribution is 2.34. The van der Waals surface area contributed by atoms with Gasteiger partial charge in [0.2, 0.25) is 4.96 Å². The molecular formula is C14H15N5O3S. The molecule has 0 bridgehead atoms. The number of nitrogens with two attached hydrogens (primary N) is 1. The summed E-state index contributed by atoms with van der Waals surface area (Å²) in [5, 5.41) is 13.5. The molecule has 0 atom stereocenters. The van der Waals surface area contributed by atoms with Gasteiger partial charge in [0.15, 0.2) is 23.9 Å². The third-order valence-corrected chi connectivity index (χ3v) is 4.10. The molecule has 23 heavy (non-hydrogen) atoms. The van der Waals surface area contributed by atoms with Gasteiger partial charge in [-0.1, -0.05) is 18.3 Å². The quantitative estimate of drug-likeness (QED) is 0.729. The number of ether oxygens (including phenoxy) is 2. The van der Waals surface area contributed by atoms with E-state index in [1.54, 1.807) is 16.6 Å². The molecule has 2 heterocycles. The Balaban J connectivity index is 1.94. The summed E-state index contributed by atoms with van der Waals surface area (Å²) in [6.45, 7) is 1.80. The highest BCUT2D eigenvalue weighted by Gasteiger charge is 2.14. The number of aryl methyl sites for hydroxylation is 1. The number of methoxy groups -OCH3 is 1. The predicted octanol–water partition coefficient (Wildman–Crippen LogP) is 1.29. The molecule has 0 saturated carbocycles. The van der Waals surface area contributed by atoms with E-state index in [9.17, 15) is 4.79 Å². The molecule has 0 aliphatic heterocycles. The zero-order valence-corrected chi connectivity index (χ0v) is 13.5. The first-order valence-electron chi connectivity index (χ1n) is 6.93. The van der Waals surface area contributed by atoms with Crippen molar-refractivity contribution in [2.24, 2.45) is 5.73 Å². The van der Waals surface area contributed by atoms with Crippen molar-refractivity contribution in [1.29, 1.82) is 0 Å². The van der Waals surface area contributed by atoms with Gasteiger partial charge in [0.1, 0.15) is 5.01 Å². The molecule has 0 fully saturated rings. The number of hydrogen-bond donors (Lipinski definition) is 1. The van der Waals surface area contributed by atoms with Crippen LogP contribution in [0.2, 0.25) is 0 Å². The molecule has 0 radical (unpaired) electrons. The van der Waals surface area contributed by atoms with Crippen molar-refractivity contribution < 1.29 is 14.3 Å². The van der Waals surface area contributed by atoms with Gasteiger partial charge in [0.25, 0.3) is 5.91 Å². The zero-order valence-electron chi connectivity index (χ0n) is 12.6. The van der Waals surface area contributed by atoms with Gasteiger partial charge in [-0.05, 0) is 18.2 Å². The number of aromatic nitrogens is 4. The van der Waals surface area contributed by atoms with Crippen LogP contribution in [-0.4, -0.2) is 39.4 Å². The number of nitrogens with zero attached hydrogens (tertiary/aromatic N) is 4. The summed E-state index contributed by atoms with van der Waals surface area (Å²) >= 11 is 1.44. The lowest BCUT2D eigenvalue weighted by molar-refractivity contribution is -0.119. The van der Waals surface area contributed by atoms with Crippen molar-refractivity contribution in [2.75, 3.05) is 13.7 Å². The van der Waals surface area contributed by atoms with Crippen LogP contribution in [0.4, 0.5) is 0 Å². The molecule has 2 N–H and O–H groups in total. The van der Waals surface area contributed by atoms with Gasteiger partial charge < -0.3 is 15.2 Å². The van der Waals surface area contributed by atoms with Crippen molar-refractivity contribution in [3.63, 3.8) is 0 Å². The normalized spacial score (nSPS) is 10.9. The van der Waals surface area contributed by atoms with Crippen molar-refractivity contribution >= 4 is 22.2 Å². The lowest BCUT2D eigenvalue weighted by Crippen LogP contribution is -2.20. The van der Waals surface area contributed by atoms with Gasteiger partial charge in [-0.3, -0.25) is 4.79 Å². The molecule has 1 aromatic carbocycles. The average molecular weight is 333 g/mol. The third kappa shape index (κ3) is 2.95. The van der Waals surface area contributed by atoms with Crippen molar-refractivity contribution in [1.82, 2.24) is 19.8 Å². The molecule has 3 aromatic rings. The van der Waals surface area contributed by atoms with E-state index in [-0.39, 0.29) is 6.61 Å². The molecule has 3 rings (SSSR count). The first-order chi connectivity index (χ1) is 11.1. The smallest absolute Gasteiger partial charge is 0.255 e. The van der Waals surface area contributed by atoms with Crippen molar-refractivity contribution in [2.45, 2.75) is 13.3 Å². The van der Waals surface area contributed by atoms with Crippen LogP contribution in [0.15, 0.2) is 18.2 Å². The minimum atomic E-state index is -0.545. The molecule has 0 unspecified atom stereocenters. The fraction of sp³-hybridized carbons (Fsp3) is 0.286. The molecule has 2 aromatic heterocycles. The van der Waals surface area contributed by atoms with E-state index in [0.29, 0.717) is 11.5 Å². The van der Waals surface area contributed by atoms with Gasteiger partial charge in [0, 0.05) is 12.0 Å². The number of primary amides is 1. The van der Waals surface area contributed by atoms with Crippen LogP contribution in [0, 0.1) is 0 Å². The summed E-state index contributed by atoms with van der Waals surface area (Å²) in [4.78, 5) is 11.6. The first kappa shape index (κ1) is 15.2. The Labute approximate surface area is 135 Å². The third-order valence-electron chi connectivity index (χ3n) is 3.15. The van der Waals surface area contributed by atoms with Crippen LogP contribution in [0.25, 0.3) is 15.5 Å². The van der Waals surface area contributed by atoms with Gasteiger partial charge in [0.05, 0.1) is 7.11 Å². The van der Waals surface area contributed by atoms with E-state index >= 15 is 0 Å². The SMILES string of the molecule is CCc1nnc2sc(-c3ccc(OCC(N)=O)c(OC)c3)nn12. The Bertz CT molecular complexity index is 857. The Hall–Kier alpha value is -2.68. The van der Waals surface area contributed by atoms with Crippen LogP contribution in [0.1, 0.15) is 12.7 Å². The van der Waals surface area contributed by atoms with E-state index in [0.717, 1.165) is 27.8 Å². The molecule has 9 heteroatoms. The van der Waals surface area contributed by atoms with E-state index in [4.69, 9.17) is 15.2 Å². The van der Waals surface area contributed by atoms with Crippen LogP contribution in [-0.2, 0) is 11.2 Å². The molecule has 1 amide bonds. The fourth-order valence-electron chi connectivity index (χ4n) is 2.06. The van der Waals surface area contributed by atoms with E-state index in [2.05, 4.69) is 15.3 Å². The van der Waals surface area contributed by atoms with Gasteiger partial charge >= 0.3 is 0 Å². The Morgan fingerprint density at radius 1 is 1.35 bits per heavy atom. The minimum Gasteiger partial charge on any atom is -0.493 e. The summed E-state index contributed by atoms with van der Waals surface area (Å²) in [5.74, 6) is 1.23. The minimum absolute atomic E-state index is 0.202. The molecule has 120 valence electrons. The largest absolute Gasteiger partial charge is 0.493 e. The monoisotopic (exact) mass is 333 g/mol. The molecule has 0 aliphatic rings. The Morgan fingerprint density at radius 2 is 2.17 bits per heavy atom. The van der Waals surface area contributed by atoms with Crippen LogP contribution in [0.5, 0.6) is 11.5 Å². The number of amides is 1. The lowest BCUT2D eigenvalue weighted by Gasteiger charge is -2.10. The maximum absolute atomic E-state index is 10.8. The molecule has 0 spiro atoms. The van der Waals surface area contributed by atoms with Gasteiger partial charge in [-0.2, -0.15) is 9.61 Å². The summed E-state index contributed by atoms with van der Waals surface area (Å²) in [6, 6.07) is 5.37. The van der Waals surface area contributed by atoms with Crippen molar-refractivity contribution in [3.05, 3.63) is 24.0 Å². The van der Waals surface area contributed by atoms with Gasteiger partial charge in [-0.25, -0.2) is 0 Å². The number of benzene rings is 1. The maximum atomic E-state index is 10.8. The lowest BCUT2D eigenvalue weighted by atomic mass is 10.2. The number of fused-ring (bicyclic) bond motifs is 1. The number of hydrogen-bond acceptors (Lipinski definition) is 7. The van der Waals surface area contributed by atoms with Crippen LogP contribution in [0.3, 0.4) is 0 Å². The van der Waals surface area contributed by atoms with E-state index in [1.165, 1.54) is 18.4 Å². The second-order valence-corrected chi connectivity index (χ2v) is 5.65. The summed E-state index contributed by atoms with van der Waals surface area (Å²) < 4.78 is 12.4. The summed E-state index contributed by atoms with van der Waals surface area (Å²) in [7, 11) is 1.53. The second kappa shape index (κ2) is 6.21. The number of carbonyl (C=O) groups excluding carboxylic acids is 1. The fourth-order valence-corrected chi connectivity index (χ4v) is 2.92. The van der Waals surface area contributed by atoms with Crippen LogP contribution < -0.4 is 15.2 Å². The molecule has 8 nitrogen and oxygen atoms in total. The maximum Gasteiger partial charge on any atom is 0.255 e. The topological polar surface area (TPSA) is 105 Å². The van der Waals surface area contributed by atoms with E-state index < -0.39 is 5.91 Å². The summed E-state index contributed by atoms with van der Waals surface area (Å²) in [5.41, 5.74) is 5.95. The standard InChI is InChI=1S/C14H15N5O3S/c1-3-12-16-17-14-19(12)18-13(23-14)8-4-5-9(10(6-8)21-2)22-7-11(15)20/h4-6H,3,7H2,1-2H3,(H2,15,20). The highest BCUT2D eigenvalue weighted by molar-refractivity contribution is 7.19. The second-order valence-electron chi connectivity index (χ2n) is 4.69. The highest BCUT2D eigenvalue weighted by atomic mass is 32.1. The molecule has 0 saturated heterocycles. The first-order valence-corrected chi connectivity index (χ1v) is 7.74.